The summed E-state index contributed by atoms with van der Waals surface area (Å²) in [7, 11) is 0. The molecule has 0 unspecified atom stereocenters. The third-order valence-corrected chi connectivity index (χ3v) is 5.01. The van der Waals surface area contributed by atoms with E-state index in [-0.39, 0.29) is 26.5 Å². The number of esters is 1. The molecule has 2 rings (SSSR count). The maximum absolute atomic E-state index is 12.4. The first kappa shape index (κ1) is 19.8. The van der Waals surface area contributed by atoms with Crippen LogP contribution in [-0.4, -0.2) is 27.9 Å². The maximum Gasteiger partial charge on any atom is 0.358 e. The van der Waals surface area contributed by atoms with Crippen molar-refractivity contribution < 1.29 is 14.3 Å². The molecule has 0 bridgehead atoms. The molecule has 0 saturated carbocycles. The second-order valence-corrected chi connectivity index (χ2v) is 6.68. The number of carbonyl (C=O) groups excluding carboxylic acids is 2. The number of hydrogen-bond donors (Lipinski definition) is 0. The van der Waals surface area contributed by atoms with Crippen LogP contribution in [-0.2, 0) is 11.3 Å². The molecule has 0 saturated heterocycles. The van der Waals surface area contributed by atoms with Crippen LogP contribution in [0.25, 0.3) is 0 Å². The van der Waals surface area contributed by atoms with Crippen molar-refractivity contribution in [1.82, 2.24) is 9.55 Å². The molecule has 0 aliphatic rings. The van der Waals surface area contributed by atoms with Crippen molar-refractivity contribution in [3.05, 3.63) is 50.0 Å². The van der Waals surface area contributed by atoms with Gasteiger partial charge in [0.15, 0.2) is 12.3 Å². The number of carbonyl (C=O) groups is 2. The van der Waals surface area contributed by atoms with Crippen LogP contribution in [0.2, 0.25) is 15.1 Å². The van der Waals surface area contributed by atoms with Crippen LogP contribution in [0.5, 0.6) is 0 Å². The van der Waals surface area contributed by atoms with Gasteiger partial charge in [0.05, 0.1) is 15.1 Å². The van der Waals surface area contributed by atoms with E-state index in [1.165, 1.54) is 6.20 Å². The Morgan fingerprint density at radius 3 is 2.52 bits per heavy atom. The first-order valence-corrected chi connectivity index (χ1v) is 8.77. The zero-order chi connectivity index (χ0) is 18.7. The average Bonchev–Trinajstić information content (AvgIpc) is 2.86. The van der Waals surface area contributed by atoms with Gasteiger partial charge in [-0.1, -0.05) is 41.7 Å². The van der Waals surface area contributed by atoms with Crippen LogP contribution >= 0.6 is 34.8 Å². The minimum Gasteiger partial charge on any atom is -0.453 e. The number of hydrogen-bond acceptors (Lipinski definition) is 4. The Morgan fingerprint density at radius 2 is 1.88 bits per heavy atom. The average molecular weight is 404 g/mol. The Hall–Kier alpha value is -1.56. The molecule has 0 N–H and O–H groups in total. The van der Waals surface area contributed by atoms with E-state index in [4.69, 9.17) is 39.5 Å². The molecule has 0 fully saturated rings. The number of Topliss-reactive ketones (excluding diaryl/α,β-unsaturated/α-hetero) is 1. The molecule has 0 spiro atoms. The van der Waals surface area contributed by atoms with Gasteiger partial charge >= 0.3 is 5.97 Å². The van der Waals surface area contributed by atoms with Crippen molar-refractivity contribution in [2.75, 3.05) is 6.61 Å². The van der Waals surface area contributed by atoms with E-state index in [1.807, 2.05) is 13.8 Å². The van der Waals surface area contributed by atoms with Crippen molar-refractivity contribution in [2.45, 2.75) is 33.7 Å². The highest BCUT2D eigenvalue weighted by Crippen LogP contribution is 2.31. The molecule has 2 aromatic rings. The molecule has 2 heterocycles. The predicted octanol–water partition coefficient (Wildman–Crippen LogP) is 4.91. The number of halogens is 3. The van der Waals surface area contributed by atoms with Crippen LogP contribution in [0.4, 0.5) is 0 Å². The summed E-state index contributed by atoms with van der Waals surface area (Å²) in [6.45, 7) is 6.29. The highest BCUT2D eigenvalue weighted by Gasteiger charge is 2.21. The van der Waals surface area contributed by atoms with Crippen molar-refractivity contribution in [3.63, 3.8) is 0 Å². The molecule has 0 aliphatic carbocycles. The van der Waals surface area contributed by atoms with Crippen molar-refractivity contribution in [1.29, 1.82) is 0 Å². The van der Waals surface area contributed by atoms with Crippen LogP contribution < -0.4 is 0 Å². The van der Waals surface area contributed by atoms with Gasteiger partial charge in [-0.05, 0) is 26.3 Å². The van der Waals surface area contributed by atoms with Crippen molar-refractivity contribution in [2.24, 2.45) is 0 Å². The smallest absolute Gasteiger partial charge is 0.358 e. The van der Waals surface area contributed by atoms with Crippen LogP contribution in [0.3, 0.4) is 0 Å². The van der Waals surface area contributed by atoms with Crippen LogP contribution in [0.15, 0.2) is 12.3 Å². The monoisotopic (exact) mass is 402 g/mol. The molecule has 2 aromatic heterocycles. The first-order chi connectivity index (χ1) is 11.8. The van der Waals surface area contributed by atoms with Gasteiger partial charge in [-0.3, -0.25) is 4.79 Å². The zero-order valence-electron chi connectivity index (χ0n) is 14.0. The molecule has 0 radical (unpaired) electrons. The lowest BCUT2D eigenvalue weighted by Gasteiger charge is -2.08. The van der Waals surface area contributed by atoms with E-state index < -0.39 is 12.6 Å². The lowest BCUT2D eigenvalue weighted by atomic mass is 10.1. The van der Waals surface area contributed by atoms with Gasteiger partial charge in [-0.15, -0.1) is 0 Å². The van der Waals surface area contributed by atoms with Crippen molar-refractivity contribution >= 4 is 46.6 Å². The second kappa shape index (κ2) is 8.21. The number of pyridine rings is 1. The molecule has 0 aliphatic heterocycles. The Morgan fingerprint density at radius 1 is 1.20 bits per heavy atom. The summed E-state index contributed by atoms with van der Waals surface area (Å²) >= 11 is 17.6. The number of ether oxygens (including phenoxy) is 1. The SMILES string of the molecule is CCCn1c(C)cc(C(=O)COC(=O)c2ncc(Cl)c(Cl)c2Cl)c1C. The fourth-order valence-electron chi connectivity index (χ4n) is 2.51. The van der Waals surface area contributed by atoms with Gasteiger partial charge in [0, 0.05) is 29.7 Å². The summed E-state index contributed by atoms with van der Waals surface area (Å²) in [4.78, 5) is 28.3. The topological polar surface area (TPSA) is 61.2 Å². The van der Waals surface area contributed by atoms with Gasteiger partial charge in [0.25, 0.3) is 0 Å². The molecule has 0 amide bonds. The third kappa shape index (κ3) is 4.17. The standard InChI is InChI=1S/C17H17Cl3N2O3/c1-4-5-22-9(2)6-11(10(22)3)13(23)8-25-17(24)16-15(20)14(19)12(18)7-21-16/h6-7H,4-5,8H2,1-3H3. The second-order valence-electron chi connectivity index (χ2n) is 5.52. The Balaban J connectivity index is 2.11. The van der Waals surface area contributed by atoms with Crippen LogP contribution in [0, 0.1) is 13.8 Å². The predicted molar refractivity (Wildman–Crippen MR) is 98.1 cm³/mol. The minimum absolute atomic E-state index is 0.0136. The van der Waals surface area contributed by atoms with E-state index in [9.17, 15) is 9.59 Å². The quantitative estimate of drug-likeness (QED) is 0.508. The van der Waals surface area contributed by atoms with Gasteiger partial charge in [0.2, 0.25) is 5.78 Å². The molecular weight excluding hydrogens is 387 g/mol. The normalized spacial score (nSPS) is 10.8. The largest absolute Gasteiger partial charge is 0.453 e. The first-order valence-electron chi connectivity index (χ1n) is 7.64. The third-order valence-electron chi connectivity index (χ3n) is 3.77. The van der Waals surface area contributed by atoms with E-state index >= 15 is 0 Å². The van der Waals surface area contributed by atoms with Gasteiger partial charge in [-0.2, -0.15) is 0 Å². The van der Waals surface area contributed by atoms with Crippen LogP contribution in [0.1, 0.15) is 45.6 Å². The Kier molecular flexibility index (Phi) is 6.49. The lowest BCUT2D eigenvalue weighted by molar-refractivity contribution is 0.0469. The number of rotatable bonds is 6. The fraction of sp³-hybridized carbons (Fsp3) is 0.353. The molecule has 25 heavy (non-hydrogen) atoms. The van der Waals surface area contributed by atoms with Crippen molar-refractivity contribution in [3.8, 4) is 0 Å². The number of aryl methyl sites for hydroxylation is 1. The zero-order valence-corrected chi connectivity index (χ0v) is 16.3. The van der Waals surface area contributed by atoms with Gasteiger partial charge in [0.1, 0.15) is 0 Å². The number of ketones is 1. The number of nitrogens with zero attached hydrogens (tertiary/aromatic N) is 2. The van der Waals surface area contributed by atoms with E-state index in [0.29, 0.717) is 5.56 Å². The van der Waals surface area contributed by atoms with Gasteiger partial charge in [-0.25, -0.2) is 9.78 Å². The maximum atomic E-state index is 12.4. The van der Waals surface area contributed by atoms with E-state index in [0.717, 1.165) is 24.4 Å². The summed E-state index contributed by atoms with van der Waals surface area (Å²) in [5.74, 6) is -1.13. The summed E-state index contributed by atoms with van der Waals surface area (Å²) in [6.07, 6.45) is 2.16. The Bertz CT molecular complexity index is 831. The molecule has 134 valence electrons. The highest BCUT2D eigenvalue weighted by atomic mass is 35.5. The highest BCUT2D eigenvalue weighted by molar-refractivity contribution is 6.48. The molecule has 0 atom stereocenters. The molecule has 0 aromatic carbocycles. The fourth-order valence-corrected chi connectivity index (χ4v) is 3.07. The minimum atomic E-state index is -0.834. The van der Waals surface area contributed by atoms with E-state index in [2.05, 4.69) is 16.5 Å². The van der Waals surface area contributed by atoms with Gasteiger partial charge < -0.3 is 9.30 Å². The van der Waals surface area contributed by atoms with E-state index in [1.54, 1.807) is 6.07 Å². The summed E-state index contributed by atoms with van der Waals surface area (Å²) in [5, 5.41) is 0.0371. The molecule has 5 nitrogen and oxygen atoms in total. The summed E-state index contributed by atoms with van der Waals surface area (Å²) < 4.78 is 7.10. The molecular formula is C17H17Cl3N2O3. The lowest BCUT2D eigenvalue weighted by Crippen LogP contribution is -2.16. The molecule has 8 heteroatoms. The summed E-state index contributed by atoms with van der Waals surface area (Å²) in [5.41, 5.74) is 2.20. The Labute approximate surface area is 160 Å². The number of aromatic nitrogens is 2. The summed E-state index contributed by atoms with van der Waals surface area (Å²) in [6, 6.07) is 1.80.